The largest absolute Gasteiger partial charge is 0.0913 e. The first kappa shape index (κ1) is 10.9. The fourth-order valence-corrected chi connectivity index (χ4v) is 2.31. The van der Waals surface area contributed by atoms with E-state index in [-0.39, 0.29) is 0 Å². The van der Waals surface area contributed by atoms with Gasteiger partial charge in [0.1, 0.15) is 0 Å². The highest BCUT2D eigenvalue weighted by Gasteiger charge is 1.88. The van der Waals surface area contributed by atoms with Gasteiger partial charge in [-0.15, -0.1) is 0 Å². The molecular formula is C11H14S2. The van der Waals surface area contributed by atoms with Crippen LogP contribution in [0.5, 0.6) is 0 Å². The van der Waals surface area contributed by atoms with Gasteiger partial charge in [0.05, 0.1) is 0 Å². The summed E-state index contributed by atoms with van der Waals surface area (Å²) >= 11 is 3.50. The van der Waals surface area contributed by atoms with Gasteiger partial charge in [-0.1, -0.05) is 35.4 Å². The minimum atomic E-state index is 1.04. The average molecular weight is 210 g/mol. The molecule has 0 N–H and O–H groups in total. The first-order valence-electron chi connectivity index (χ1n) is 4.69. The maximum Gasteiger partial charge on any atom is 0.00979 e. The van der Waals surface area contributed by atoms with E-state index in [2.05, 4.69) is 22.3 Å². The molecule has 0 nitrogen and oxygen atoms in total. The summed E-state index contributed by atoms with van der Waals surface area (Å²) in [5, 5.41) is 6.28. The van der Waals surface area contributed by atoms with E-state index in [1.165, 1.54) is 19.3 Å². The molecule has 0 aliphatic carbocycles. The van der Waals surface area contributed by atoms with Crippen LogP contribution in [0.4, 0.5) is 0 Å². The fourth-order valence-electron chi connectivity index (χ4n) is 0.936. The van der Waals surface area contributed by atoms with Gasteiger partial charge < -0.3 is 0 Å². The highest BCUT2D eigenvalue weighted by molar-refractivity contribution is 8.04. The first-order chi connectivity index (χ1) is 6.50. The summed E-state index contributed by atoms with van der Waals surface area (Å²) in [5.41, 5.74) is 0. The smallest absolute Gasteiger partial charge is 0.00979 e. The van der Waals surface area contributed by atoms with Gasteiger partial charge in [-0.05, 0) is 29.8 Å². The van der Waals surface area contributed by atoms with Crippen molar-refractivity contribution in [2.75, 3.05) is 11.5 Å². The van der Waals surface area contributed by atoms with E-state index in [1.54, 1.807) is 23.5 Å². The van der Waals surface area contributed by atoms with E-state index in [0.29, 0.717) is 0 Å². The molecule has 0 amide bonds. The highest BCUT2D eigenvalue weighted by atomic mass is 32.2. The van der Waals surface area contributed by atoms with E-state index < -0.39 is 0 Å². The van der Waals surface area contributed by atoms with Crippen molar-refractivity contribution in [1.82, 2.24) is 0 Å². The molecule has 1 aliphatic rings. The zero-order chi connectivity index (χ0) is 9.19. The molecular weight excluding hydrogens is 196 g/mol. The molecule has 1 rings (SSSR count). The lowest BCUT2D eigenvalue weighted by molar-refractivity contribution is 0.783. The normalized spacial score (nSPS) is 19.1. The second kappa shape index (κ2) is 8.42. The minimum Gasteiger partial charge on any atom is -0.0913 e. The molecule has 1 heterocycles. The van der Waals surface area contributed by atoms with E-state index in [0.717, 1.165) is 24.3 Å². The molecule has 2 heteroatoms. The average Bonchev–Trinajstić information content (AvgIpc) is 2.18. The highest BCUT2D eigenvalue weighted by Crippen LogP contribution is 2.07. The van der Waals surface area contributed by atoms with E-state index in [4.69, 9.17) is 0 Å². The van der Waals surface area contributed by atoms with Crippen LogP contribution in [-0.4, -0.2) is 11.5 Å². The molecule has 0 saturated carbocycles. The van der Waals surface area contributed by atoms with Gasteiger partial charge in [0.2, 0.25) is 0 Å². The summed E-state index contributed by atoms with van der Waals surface area (Å²) in [6, 6.07) is 0. The van der Waals surface area contributed by atoms with E-state index in [9.17, 15) is 0 Å². The van der Waals surface area contributed by atoms with Crippen LogP contribution >= 0.6 is 23.5 Å². The van der Waals surface area contributed by atoms with Crippen molar-refractivity contribution in [3.8, 4) is 22.3 Å². The number of rotatable bonds is 0. The van der Waals surface area contributed by atoms with Crippen LogP contribution in [0.2, 0.25) is 0 Å². The van der Waals surface area contributed by atoms with Crippen molar-refractivity contribution >= 4 is 23.5 Å². The van der Waals surface area contributed by atoms with Gasteiger partial charge >= 0.3 is 0 Å². The Labute approximate surface area is 89.6 Å². The topological polar surface area (TPSA) is 0 Å². The van der Waals surface area contributed by atoms with Crippen LogP contribution < -0.4 is 0 Å². The van der Waals surface area contributed by atoms with E-state index >= 15 is 0 Å². The zero-order valence-corrected chi connectivity index (χ0v) is 9.40. The van der Waals surface area contributed by atoms with Crippen molar-refractivity contribution in [2.24, 2.45) is 0 Å². The molecule has 13 heavy (non-hydrogen) atoms. The third kappa shape index (κ3) is 6.94. The fraction of sp³-hybridized carbons (Fsp3) is 0.636. The second-order valence-corrected chi connectivity index (χ2v) is 4.62. The number of hydrogen-bond acceptors (Lipinski definition) is 2. The lowest BCUT2D eigenvalue weighted by Crippen LogP contribution is -1.79. The summed E-state index contributed by atoms with van der Waals surface area (Å²) in [6.07, 6.45) is 5.71. The Morgan fingerprint density at radius 3 is 1.77 bits per heavy atom. The van der Waals surface area contributed by atoms with Gasteiger partial charge in [-0.3, -0.25) is 0 Å². The number of hydrogen-bond donors (Lipinski definition) is 0. The first-order valence-corrected chi connectivity index (χ1v) is 6.66. The Morgan fingerprint density at radius 2 is 1.23 bits per heavy atom. The maximum atomic E-state index is 3.18. The summed E-state index contributed by atoms with van der Waals surface area (Å²) in [6.45, 7) is 0. The Kier molecular flexibility index (Phi) is 7.06. The summed E-state index contributed by atoms with van der Waals surface area (Å²) in [4.78, 5) is 0. The maximum absolute atomic E-state index is 3.18. The van der Waals surface area contributed by atoms with Crippen LogP contribution in [0, 0.1) is 22.3 Å². The Hall–Kier alpha value is -0.180. The van der Waals surface area contributed by atoms with Crippen LogP contribution in [0.25, 0.3) is 0 Å². The van der Waals surface area contributed by atoms with Gasteiger partial charge in [-0.25, -0.2) is 0 Å². The molecule has 0 aromatic rings. The lowest BCUT2D eigenvalue weighted by atomic mass is 10.2. The van der Waals surface area contributed by atoms with Crippen molar-refractivity contribution in [3.05, 3.63) is 0 Å². The van der Waals surface area contributed by atoms with E-state index in [1.807, 2.05) is 0 Å². The van der Waals surface area contributed by atoms with Crippen molar-refractivity contribution in [2.45, 2.75) is 32.1 Å². The minimum absolute atomic E-state index is 1.04. The predicted octanol–water partition coefficient (Wildman–Crippen LogP) is 3.34. The summed E-state index contributed by atoms with van der Waals surface area (Å²) in [7, 11) is 0. The Morgan fingerprint density at radius 1 is 0.692 bits per heavy atom. The quantitative estimate of drug-likeness (QED) is 0.562. The van der Waals surface area contributed by atoms with Gasteiger partial charge in [0.25, 0.3) is 0 Å². The van der Waals surface area contributed by atoms with Crippen molar-refractivity contribution in [1.29, 1.82) is 0 Å². The number of thioether (sulfide) groups is 2. The molecule has 0 aromatic heterocycles. The monoisotopic (exact) mass is 210 g/mol. The predicted molar refractivity (Wildman–Crippen MR) is 63.6 cm³/mol. The Bertz CT molecular complexity index is 210. The standard InChI is InChI=1S/C11H14S2/c1-2-4-6-9-13-11-7-10-12-8-5-3-1/h1-4,7,10-11H2. The van der Waals surface area contributed by atoms with Gasteiger partial charge in [0, 0.05) is 24.3 Å². The molecule has 0 atom stereocenters. The molecule has 0 unspecified atom stereocenters. The molecule has 0 spiro atoms. The third-order valence-electron chi connectivity index (χ3n) is 1.64. The lowest BCUT2D eigenvalue weighted by Gasteiger charge is -1.90. The van der Waals surface area contributed by atoms with Crippen LogP contribution in [0.3, 0.4) is 0 Å². The van der Waals surface area contributed by atoms with Gasteiger partial charge in [-0.2, -0.15) is 0 Å². The molecule has 0 saturated heterocycles. The molecule has 1 aliphatic heterocycles. The molecule has 0 fully saturated rings. The van der Waals surface area contributed by atoms with Crippen LogP contribution in [0.1, 0.15) is 32.1 Å². The summed E-state index contributed by atoms with van der Waals surface area (Å²) < 4.78 is 0. The van der Waals surface area contributed by atoms with Crippen molar-refractivity contribution in [3.63, 3.8) is 0 Å². The summed E-state index contributed by atoms with van der Waals surface area (Å²) in [5.74, 6) is 8.67. The SMILES string of the molecule is C1#CSCCCSC#CCCCC1. The van der Waals surface area contributed by atoms with Crippen molar-refractivity contribution < 1.29 is 0 Å². The molecule has 70 valence electrons. The van der Waals surface area contributed by atoms with Crippen LogP contribution in [-0.2, 0) is 0 Å². The third-order valence-corrected chi connectivity index (χ3v) is 3.20. The zero-order valence-electron chi connectivity index (χ0n) is 7.77. The second-order valence-electron chi connectivity index (χ2n) is 2.82. The Balaban J connectivity index is 2.25. The molecule has 0 radical (unpaired) electrons. The molecule has 0 aromatic carbocycles. The molecule has 0 bridgehead atoms. The van der Waals surface area contributed by atoms with Gasteiger partial charge in [0.15, 0.2) is 0 Å². The van der Waals surface area contributed by atoms with Crippen LogP contribution in [0.15, 0.2) is 0 Å².